The highest BCUT2D eigenvalue weighted by Gasteiger charge is 1.96. The average molecular weight is 245 g/mol. The lowest BCUT2D eigenvalue weighted by Crippen LogP contribution is -1.80. The molecule has 15 heavy (non-hydrogen) atoms. The number of benzene rings is 1. The average Bonchev–Trinajstić information content (AvgIpc) is 2.23. The maximum atomic E-state index is 8.59. The van der Waals surface area contributed by atoms with Crippen molar-refractivity contribution in [1.82, 2.24) is 0 Å². The molecular formula is C12H14Cl2O. The second-order valence-electron chi connectivity index (χ2n) is 3.30. The molecule has 0 saturated carbocycles. The maximum Gasteiger partial charge on any atom is 0.0598 e. The highest BCUT2D eigenvalue weighted by molar-refractivity contribution is 6.42. The molecule has 82 valence electrons. The van der Waals surface area contributed by atoms with Crippen LogP contribution in [0.15, 0.2) is 24.3 Å². The molecular weight excluding hydrogens is 231 g/mol. The molecule has 3 heteroatoms. The van der Waals surface area contributed by atoms with Gasteiger partial charge in [0, 0.05) is 6.61 Å². The van der Waals surface area contributed by atoms with Gasteiger partial charge in [0.15, 0.2) is 0 Å². The fourth-order valence-electron chi connectivity index (χ4n) is 1.21. The van der Waals surface area contributed by atoms with Gasteiger partial charge in [-0.05, 0) is 37.0 Å². The molecule has 1 nitrogen and oxygen atoms in total. The van der Waals surface area contributed by atoms with Crippen LogP contribution < -0.4 is 0 Å². The van der Waals surface area contributed by atoms with Crippen molar-refractivity contribution >= 4 is 29.3 Å². The van der Waals surface area contributed by atoms with E-state index in [4.69, 9.17) is 28.3 Å². The number of halogens is 2. The zero-order chi connectivity index (χ0) is 11.1. The number of aliphatic hydroxyl groups excluding tert-OH is 1. The Balaban J connectivity index is 2.46. The van der Waals surface area contributed by atoms with Crippen LogP contribution in [0, 0.1) is 0 Å². The van der Waals surface area contributed by atoms with Crippen LogP contribution >= 0.6 is 23.2 Å². The summed E-state index contributed by atoms with van der Waals surface area (Å²) < 4.78 is 0. The summed E-state index contributed by atoms with van der Waals surface area (Å²) in [5, 5.41) is 9.75. The van der Waals surface area contributed by atoms with E-state index in [9.17, 15) is 0 Å². The van der Waals surface area contributed by atoms with Crippen molar-refractivity contribution in [2.24, 2.45) is 0 Å². The third-order valence-electron chi connectivity index (χ3n) is 2.03. The van der Waals surface area contributed by atoms with Gasteiger partial charge in [0.1, 0.15) is 0 Å². The van der Waals surface area contributed by atoms with Crippen LogP contribution in [0.5, 0.6) is 0 Å². The van der Waals surface area contributed by atoms with Gasteiger partial charge in [0.05, 0.1) is 10.0 Å². The van der Waals surface area contributed by atoms with E-state index < -0.39 is 0 Å². The summed E-state index contributed by atoms with van der Waals surface area (Å²) in [4.78, 5) is 0. The minimum Gasteiger partial charge on any atom is -0.396 e. The fraction of sp³-hybridized carbons (Fsp3) is 0.333. The third kappa shape index (κ3) is 4.70. The predicted molar refractivity (Wildman–Crippen MR) is 66.4 cm³/mol. The van der Waals surface area contributed by atoms with Crippen LogP contribution in [0.3, 0.4) is 0 Å². The van der Waals surface area contributed by atoms with Gasteiger partial charge in [-0.1, -0.05) is 41.4 Å². The Morgan fingerprint density at radius 1 is 1.13 bits per heavy atom. The van der Waals surface area contributed by atoms with Crippen LogP contribution in [-0.2, 0) is 0 Å². The van der Waals surface area contributed by atoms with E-state index in [2.05, 4.69) is 6.08 Å². The first-order valence-electron chi connectivity index (χ1n) is 4.96. The molecule has 0 aliphatic carbocycles. The third-order valence-corrected chi connectivity index (χ3v) is 2.77. The monoisotopic (exact) mass is 244 g/mol. The topological polar surface area (TPSA) is 20.2 Å². The normalized spacial score (nSPS) is 11.1. The van der Waals surface area contributed by atoms with Gasteiger partial charge in [-0.25, -0.2) is 0 Å². The van der Waals surface area contributed by atoms with Gasteiger partial charge in [-0.2, -0.15) is 0 Å². The Morgan fingerprint density at radius 3 is 2.60 bits per heavy atom. The van der Waals surface area contributed by atoms with Gasteiger partial charge < -0.3 is 5.11 Å². The lowest BCUT2D eigenvalue weighted by atomic mass is 10.1. The molecule has 0 unspecified atom stereocenters. The highest BCUT2D eigenvalue weighted by Crippen LogP contribution is 2.23. The molecule has 0 bridgehead atoms. The van der Waals surface area contributed by atoms with Gasteiger partial charge in [-0.15, -0.1) is 0 Å². The molecule has 0 amide bonds. The van der Waals surface area contributed by atoms with E-state index in [-0.39, 0.29) is 6.61 Å². The van der Waals surface area contributed by atoms with Crippen LogP contribution in [-0.4, -0.2) is 11.7 Å². The second-order valence-corrected chi connectivity index (χ2v) is 4.11. The molecule has 1 N–H and O–H groups in total. The van der Waals surface area contributed by atoms with Crippen molar-refractivity contribution in [3.63, 3.8) is 0 Å². The van der Waals surface area contributed by atoms with Crippen molar-refractivity contribution < 1.29 is 5.11 Å². The minimum absolute atomic E-state index is 0.264. The zero-order valence-electron chi connectivity index (χ0n) is 8.42. The van der Waals surface area contributed by atoms with E-state index in [0.29, 0.717) is 10.0 Å². The Labute approximate surface area is 100 Å². The summed E-state index contributed by atoms with van der Waals surface area (Å²) >= 11 is 11.7. The molecule has 0 atom stereocenters. The Kier molecular flexibility index (Phi) is 5.77. The van der Waals surface area contributed by atoms with Gasteiger partial charge in [-0.3, -0.25) is 0 Å². The smallest absolute Gasteiger partial charge is 0.0598 e. The standard InChI is InChI=1S/C12H14Cl2O/c13-11-7-6-10(9-12(11)14)5-3-1-2-4-8-15/h3,5-7,9,15H,1-2,4,8H2. The summed E-state index contributed by atoms with van der Waals surface area (Å²) in [6, 6.07) is 5.56. The molecule has 0 saturated heterocycles. The largest absolute Gasteiger partial charge is 0.396 e. The summed E-state index contributed by atoms with van der Waals surface area (Å²) in [5.41, 5.74) is 1.05. The van der Waals surface area contributed by atoms with Crippen molar-refractivity contribution in [2.75, 3.05) is 6.61 Å². The van der Waals surface area contributed by atoms with E-state index in [1.807, 2.05) is 18.2 Å². The summed E-state index contributed by atoms with van der Waals surface area (Å²) in [5.74, 6) is 0. The van der Waals surface area contributed by atoms with Crippen LogP contribution in [0.25, 0.3) is 6.08 Å². The first-order chi connectivity index (χ1) is 7.24. The molecule has 0 aliphatic heterocycles. The number of allylic oxidation sites excluding steroid dienone is 1. The van der Waals surface area contributed by atoms with Crippen LogP contribution in [0.1, 0.15) is 24.8 Å². The van der Waals surface area contributed by atoms with Crippen LogP contribution in [0.2, 0.25) is 10.0 Å². The second kappa shape index (κ2) is 6.89. The van der Waals surface area contributed by atoms with Gasteiger partial charge in [0.2, 0.25) is 0 Å². The van der Waals surface area contributed by atoms with Gasteiger partial charge in [0.25, 0.3) is 0 Å². The van der Waals surface area contributed by atoms with E-state index in [1.165, 1.54) is 0 Å². The quantitative estimate of drug-likeness (QED) is 0.772. The molecule has 1 aromatic carbocycles. The van der Waals surface area contributed by atoms with Crippen LogP contribution in [0.4, 0.5) is 0 Å². The lowest BCUT2D eigenvalue weighted by molar-refractivity contribution is 0.285. The van der Waals surface area contributed by atoms with Gasteiger partial charge >= 0.3 is 0 Å². The van der Waals surface area contributed by atoms with Crippen molar-refractivity contribution in [2.45, 2.75) is 19.3 Å². The first-order valence-corrected chi connectivity index (χ1v) is 5.72. The number of unbranched alkanes of at least 4 members (excludes halogenated alkanes) is 2. The molecule has 0 spiro atoms. The molecule has 0 fully saturated rings. The SMILES string of the molecule is OCCCCC=Cc1ccc(Cl)c(Cl)c1. The number of aliphatic hydroxyl groups is 1. The molecule has 1 rings (SSSR count). The van der Waals surface area contributed by atoms with Crippen molar-refractivity contribution in [3.8, 4) is 0 Å². The Hall–Kier alpha value is -0.500. The molecule has 0 heterocycles. The molecule has 0 aromatic heterocycles. The Bertz CT molecular complexity index is 334. The number of rotatable bonds is 5. The number of hydrogen-bond donors (Lipinski definition) is 1. The van der Waals surface area contributed by atoms with E-state index >= 15 is 0 Å². The number of hydrogen-bond acceptors (Lipinski definition) is 1. The summed E-state index contributed by atoms with van der Waals surface area (Å²) in [7, 11) is 0. The van der Waals surface area contributed by atoms with E-state index in [0.717, 1.165) is 24.8 Å². The zero-order valence-corrected chi connectivity index (χ0v) is 9.93. The predicted octanol–water partition coefficient (Wildman–Crippen LogP) is 4.17. The minimum atomic E-state index is 0.264. The summed E-state index contributed by atoms with van der Waals surface area (Å²) in [6.45, 7) is 0.264. The molecule has 1 aromatic rings. The molecule has 0 radical (unpaired) electrons. The highest BCUT2D eigenvalue weighted by atomic mass is 35.5. The fourth-order valence-corrected chi connectivity index (χ4v) is 1.52. The van der Waals surface area contributed by atoms with E-state index in [1.54, 1.807) is 6.07 Å². The lowest BCUT2D eigenvalue weighted by Gasteiger charge is -1.97. The maximum absolute atomic E-state index is 8.59. The Morgan fingerprint density at radius 2 is 1.93 bits per heavy atom. The van der Waals surface area contributed by atoms with Crippen molar-refractivity contribution in [3.05, 3.63) is 39.9 Å². The summed E-state index contributed by atoms with van der Waals surface area (Å²) in [6.07, 6.45) is 6.93. The molecule has 0 aliphatic rings. The van der Waals surface area contributed by atoms with Crippen molar-refractivity contribution in [1.29, 1.82) is 0 Å². The first kappa shape index (κ1) is 12.6.